The first-order valence-electron chi connectivity index (χ1n) is 9.90. The Morgan fingerprint density at radius 2 is 1.74 bits per heavy atom. The van der Waals surface area contributed by atoms with Gasteiger partial charge in [-0.3, -0.25) is 9.59 Å². The Hall–Kier alpha value is -3.39. The highest BCUT2D eigenvalue weighted by atomic mass is 32.2. The largest absolute Gasteiger partial charge is 0.350 e. The number of hydrogen-bond donors (Lipinski definition) is 1. The van der Waals surface area contributed by atoms with Gasteiger partial charge in [-0.25, -0.2) is 9.36 Å². The van der Waals surface area contributed by atoms with Gasteiger partial charge in [-0.15, -0.1) is 11.8 Å². The first-order valence-corrected chi connectivity index (χ1v) is 11.1. The third-order valence-electron chi connectivity index (χ3n) is 5.13. The van der Waals surface area contributed by atoms with Crippen molar-refractivity contribution in [2.75, 3.05) is 6.26 Å². The number of carbonyl (C=O) groups is 1. The van der Waals surface area contributed by atoms with Crippen molar-refractivity contribution < 1.29 is 4.79 Å². The van der Waals surface area contributed by atoms with Crippen LogP contribution in [0.25, 0.3) is 16.6 Å². The molecule has 2 heterocycles. The number of nitrogens with one attached hydrogen (secondary N) is 1. The maximum atomic E-state index is 13.0. The van der Waals surface area contributed by atoms with Crippen molar-refractivity contribution in [1.82, 2.24) is 24.9 Å². The number of thioether (sulfide) groups is 1. The SMILES string of the molecule is CSc1ccc(CNC(=O)Cn2nc(C)c3c(C)n(-c4ccccc4)nc3c2=O)cc1. The van der Waals surface area contributed by atoms with Crippen molar-refractivity contribution in [2.24, 2.45) is 0 Å². The van der Waals surface area contributed by atoms with Crippen LogP contribution in [-0.2, 0) is 17.9 Å². The monoisotopic (exact) mass is 433 g/mol. The normalized spacial score (nSPS) is 11.1. The Labute approximate surface area is 184 Å². The molecule has 31 heavy (non-hydrogen) atoms. The van der Waals surface area contributed by atoms with Crippen molar-refractivity contribution in [2.45, 2.75) is 31.8 Å². The second-order valence-electron chi connectivity index (χ2n) is 7.23. The Morgan fingerprint density at radius 3 is 2.42 bits per heavy atom. The number of aromatic nitrogens is 4. The Kier molecular flexibility index (Phi) is 5.90. The van der Waals surface area contributed by atoms with Gasteiger partial charge >= 0.3 is 0 Å². The summed E-state index contributed by atoms with van der Waals surface area (Å²) in [5.74, 6) is -0.276. The van der Waals surface area contributed by atoms with Crippen molar-refractivity contribution in [3.05, 3.63) is 81.9 Å². The van der Waals surface area contributed by atoms with E-state index >= 15 is 0 Å². The molecular formula is C23H23N5O2S. The second kappa shape index (κ2) is 8.77. The highest BCUT2D eigenvalue weighted by Crippen LogP contribution is 2.21. The Balaban J connectivity index is 1.57. The van der Waals surface area contributed by atoms with Gasteiger partial charge in [0.15, 0.2) is 5.52 Å². The summed E-state index contributed by atoms with van der Waals surface area (Å²) in [5, 5.41) is 12.5. The van der Waals surface area contributed by atoms with Gasteiger partial charge < -0.3 is 5.32 Å². The third-order valence-corrected chi connectivity index (χ3v) is 5.87. The summed E-state index contributed by atoms with van der Waals surface area (Å²) in [7, 11) is 0. The zero-order valence-electron chi connectivity index (χ0n) is 17.6. The number of amides is 1. The molecule has 1 N–H and O–H groups in total. The summed E-state index contributed by atoms with van der Waals surface area (Å²) >= 11 is 1.67. The fourth-order valence-electron chi connectivity index (χ4n) is 3.55. The molecule has 1 amide bonds. The lowest BCUT2D eigenvalue weighted by atomic mass is 10.2. The zero-order chi connectivity index (χ0) is 22.0. The number of rotatable bonds is 6. The van der Waals surface area contributed by atoms with E-state index in [0.717, 1.165) is 22.3 Å². The number of carbonyl (C=O) groups excluding carboxylic acids is 1. The lowest BCUT2D eigenvalue weighted by Crippen LogP contribution is -2.34. The number of benzene rings is 2. The molecule has 0 aliphatic heterocycles. The topological polar surface area (TPSA) is 81.8 Å². The molecule has 2 aromatic heterocycles. The number of nitrogens with zero attached hydrogens (tertiary/aromatic N) is 4. The van der Waals surface area contributed by atoms with Crippen LogP contribution in [0.15, 0.2) is 64.3 Å². The van der Waals surface area contributed by atoms with Gasteiger partial charge in [0.25, 0.3) is 5.56 Å². The van der Waals surface area contributed by atoms with Crippen LogP contribution < -0.4 is 10.9 Å². The molecule has 0 spiro atoms. The average molecular weight is 434 g/mol. The van der Waals surface area contributed by atoms with Crippen molar-refractivity contribution in [3.63, 3.8) is 0 Å². The zero-order valence-corrected chi connectivity index (χ0v) is 18.4. The predicted molar refractivity (Wildman–Crippen MR) is 123 cm³/mol. The molecule has 4 aromatic rings. The lowest BCUT2D eigenvalue weighted by Gasteiger charge is -2.08. The molecule has 0 aliphatic rings. The van der Waals surface area contributed by atoms with E-state index in [4.69, 9.17) is 0 Å². The molecule has 0 bridgehead atoms. The van der Waals surface area contributed by atoms with Gasteiger partial charge in [-0.1, -0.05) is 30.3 Å². The van der Waals surface area contributed by atoms with E-state index in [1.165, 1.54) is 9.58 Å². The van der Waals surface area contributed by atoms with Crippen molar-refractivity contribution in [3.8, 4) is 5.69 Å². The van der Waals surface area contributed by atoms with Crippen LogP contribution in [0.3, 0.4) is 0 Å². The summed E-state index contributed by atoms with van der Waals surface area (Å²) in [6.07, 6.45) is 2.02. The number of hydrogen-bond acceptors (Lipinski definition) is 5. The first-order chi connectivity index (χ1) is 15.0. The summed E-state index contributed by atoms with van der Waals surface area (Å²) < 4.78 is 2.93. The average Bonchev–Trinajstić information content (AvgIpc) is 3.14. The highest BCUT2D eigenvalue weighted by Gasteiger charge is 2.18. The molecule has 0 unspecified atom stereocenters. The van der Waals surface area contributed by atoms with Gasteiger partial charge in [0.2, 0.25) is 5.91 Å². The number of para-hydroxylation sites is 1. The summed E-state index contributed by atoms with van der Waals surface area (Å²) in [4.78, 5) is 26.6. The van der Waals surface area contributed by atoms with Crippen molar-refractivity contribution in [1.29, 1.82) is 0 Å². The maximum Gasteiger partial charge on any atom is 0.295 e. The molecule has 0 aliphatic carbocycles. The van der Waals surface area contributed by atoms with Gasteiger partial charge in [0.05, 0.1) is 22.5 Å². The predicted octanol–water partition coefficient (Wildman–Crippen LogP) is 3.24. The quantitative estimate of drug-likeness (QED) is 0.472. The Morgan fingerprint density at radius 1 is 1.03 bits per heavy atom. The summed E-state index contributed by atoms with van der Waals surface area (Å²) in [5.41, 5.74) is 3.30. The van der Waals surface area contributed by atoms with Crippen LogP contribution in [-0.4, -0.2) is 31.7 Å². The molecular weight excluding hydrogens is 410 g/mol. The molecule has 4 rings (SSSR count). The maximum absolute atomic E-state index is 13.0. The van der Waals surface area contributed by atoms with Gasteiger partial charge in [0.1, 0.15) is 6.54 Å². The van der Waals surface area contributed by atoms with Crippen LogP contribution in [0, 0.1) is 13.8 Å². The number of aryl methyl sites for hydroxylation is 2. The molecule has 7 nitrogen and oxygen atoms in total. The molecule has 0 atom stereocenters. The van der Waals surface area contributed by atoms with Crippen LogP contribution in [0.4, 0.5) is 0 Å². The minimum Gasteiger partial charge on any atom is -0.350 e. The minimum atomic E-state index is -0.377. The smallest absolute Gasteiger partial charge is 0.295 e. The second-order valence-corrected chi connectivity index (χ2v) is 8.11. The molecule has 0 fully saturated rings. The lowest BCUT2D eigenvalue weighted by molar-refractivity contribution is -0.122. The highest BCUT2D eigenvalue weighted by molar-refractivity contribution is 7.98. The summed E-state index contributed by atoms with van der Waals surface area (Å²) in [6, 6.07) is 17.6. The van der Waals surface area contributed by atoms with Gasteiger partial charge in [-0.2, -0.15) is 10.2 Å². The number of fused-ring (bicyclic) bond motifs is 1. The fourth-order valence-corrected chi connectivity index (χ4v) is 3.96. The molecule has 158 valence electrons. The van der Waals surface area contributed by atoms with E-state index in [1.54, 1.807) is 16.4 Å². The van der Waals surface area contributed by atoms with E-state index in [2.05, 4.69) is 15.5 Å². The van der Waals surface area contributed by atoms with Crippen LogP contribution in [0.5, 0.6) is 0 Å². The van der Waals surface area contributed by atoms with E-state index in [9.17, 15) is 9.59 Å². The first kappa shape index (κ1) is 20.9. The van der Waals surface area contributed by atoms with E-state index in [1.807, 2.05) is 74.7 Å². The summed E-state index contributed by atoms with van der Waals surface area (Å²) in [6.45, 7) is 3.98. The third kappa shape index (κ3) is 4.25. The van der Waals surface area contributed by atoms with E-state index < -0.39 is 0 Å². The van der Waals surface area contributed by atoms with Crippen LogP contribution in [0.1, 0.15) is 17.0 Å². The molecule has 0 saturated carbocycles. The van der Waals surface area contributed by atoms with Gasteiger partial charge in [0, 0.05) is 11.4 Å². The van der Waals surface area contributed by atoms with E-state index in [0.29, 0.717) is 17.8 Å². The van der Waals surface area contributed by atoms with Crippen LogP contribution >= 0.6 is 11.8 Å². The van der Waals surface area contributed by atoms with E-state index in [-0.39, 0.29) is 18.0 Å². The Bertz CT molecular complexity index is 1290. The standard InChI is InChI=1S/C23H23N5O2S/c1-15-21-16(2)28(18-7-5-4-6-8-18)26-22(21)23(30)27(25-15)14-20(29)24-13-17-9-11-19(31-3)12-10-17/h4-12H,13-14H2,1-3H3,(H,24,29). The molecule has 8 heteroatoms. The fraction of sp³-hybridized carbons (Fsp3) is 0.217. The minimum absolute atomic E-state index is 0.157. The molecule has 0 saturated heterocycles. The molecule has 2 aromatic carbocycles. The van der Waals surface area contributed by atoms with Crippen LogP contribution in [0.2, 0.25) is 0 Å². The molecule has 0 radical (unpaired) electrons. The van der Waals surface area contributed by atoms with Crippen molar-refractivity contribution >= 4 is 28.6 Å². The van der Waals surface area contributed by atoms with Gasteiger partial charge in [-0.05, 0) is 49.9 Å².